The predicted octanol–water partition coefficient (Wildman–Crippen LogP) is 6.08. The third-order valence-corrected chi connectivity index (χ3v) is 10.4. The number of carbonyl (C=O) groups is 2. The lowest BCUT2D eigenvalue weighted by Gasteiger charge is -2.57. The number of ketones is 2. The van der Waals surface area contributed by atoms with Gasteiger partial charge in [-0.1, -0.05) is 54.6 Å². The van der Waals surface area contributed by atoms with E-state index >= 15 is 4.79 Å². The normalized spacial score (nSPS) is 35.2. The lowest BCUT2D eigenvalue weighted by molar-refractivity contribution is -0.145. The first-order valence-corrected chi connectivity index (χ1v) is 13.9. The van der Waals surface area contributed by atoms with Crippen LogP contribution in [0, 0.1) is 51.2 Å². The Balaban J connectivity index is 1.43. The smallest absolute Gasteiger partial charge is 0.176 e. The maximum Gasteiger partial charge on any atom is 0.176 e. The van der Waals surface area contributed by atoms with E-state index in [1.807, 2.05) is 48.6 Å². The van der Waals surface area contributed by atoms with Gasteiger partial charge in [-0.2, -0.15) is 10.5 Å². The monoisotopic (exact) mass is 501 g/mol. The molecule has 2 heterocycles. The van der Waals surface area contributed by atoms with Crippen molar-refractivity contribution in [2.75, 3.05) is 4.90 Å². The summed E-state index contributed by atoms with van der Waals surface area (Å²) in [5.41, 5.74) is 1.47. The van der Waals surface area contributed by atoms with E-state index in [4.69, 9.17) is 0 Å². The van der Waals surface area contributed by atoms with Gasteiger partial charge in [0.1, 0.15) is 0 Å². The van der Waals surface area contributed by atoms with Crippen LogP contribution in [0.15, 0.2) is 54.6 Å². The number of Topliss-reactive ketones (excluding diaryl/α,β-unsaturated/α-hetero) is 2. The molecule has 6 aliphatic rings. The van der Waals surface area contributed by atoms with E-state index in [9.17, 15) is 15.3 Å². The molecule has 4 saturated carbocycles. The molecule has 5 heteroatoms. The molecule has 38 heavy (non-hydrogen) atoms. The minimum Gasteiger partial charge on any atom is -0.351 e. The maximum absolute atomic E-state index is 15.1. The fraction of sp³-hybridized carbons (Fsp3) is 0.455. The third kappa shape index (κ3) is 3.08. The zero-order chi connectivity index (χ0) is 26.2. The molecule has 0 radical (unpaired) electrons. The topological polar surface area (TPSA) is 85.0 Å². The number of rotatable bonds is 4. The Labute approximate surface area is 223 Å². The van der Waals surface area contributed by atoms with Crippen LogP contribution in [0.5, 0.6) is 0 Å². The van der Waals surface area contributed by atoms with Crippen LogP contribution in [-0.4, -0.2) is 23.7 Å². The first-order valence-electron chi connectivity index (χ1n) is 13.9. The molecular formula is C33H31N3O2. The standard InChI is InChI=1S/C33H31N3O2/c1-20(37)24-6-8-26(9-7-24)29-30(31(38)32-15-21-12-22(16-32)14-23(13-21)17-32)36-27-5-3-2-4-25(27)10-11-28(36)33(29,18-34)19-35/h2-11,21-23,28-30H,12-17H2,1H3. The molecule has 5 nitrogen and oxygen atoms in total. The van der Waals surface area contributed by atoms with Crippen LogP contribution in [0.3, 0.4) is 0 Å². The van der Waals surface area contributed by atoms with Gasteiger partial charge in [-0.25, -0.2) is 0 Å². The van der Waals surface area contributed by atoms with Gasteiger partial charge in [-0.15, -0.1) is 0 Å². The Kier molecular flexibility index (Phi) is 5.02. The molecule has 4 bridgehead atoms. The maximum atomic E-state index is 15.1. The number of hydrogen-bond donors (Lipinski definition) is 0. The highest BCUT2D eigenvalue weighted by atomic mass is 16.1. The van der Waals surface area contributed by atoms with Gasteiger partial charge in [0.05, 0.1) is 24.2 Å². The average Bonchev–Trinajstić information content (AvgIpc) is 3.23. The van der Waals surface area contributed by atoms with Crippen molar-refractivity contribution in [1.82, 2.24) is 0 Å². The van der Waals surface area contributed by atoms with Crippen LogP contribution in [0.4, 0.5) is 5.69 Å². The summed E-state index contributed by atoms with van der Waals surface area (Å²) < 4.78 is 0. The van der Waals surface area contributed by atoms with Crippen molar-refractivity contribution in [2.45, 2.75) is 63.5 Å². The first-order chi connectivity index (χ1) is 18.4. The van der Waals surface area contributed by atoms with Crippen LogP contribution in [0.25, 0.3) is 6.08 Å². The van der Waals surface area contributed by atoms with Crippen molar-refractivity contribution in [3.8, 4) is 12.1 Å². The fourth-order valence-electron chi connectivity index (χ4n) is 9.26. The molecule has 0 N–H and O–H groups in total. The van der Waals surface area contributed by atoms with E-state index in [0.29, 0.717) is 23.3 Å². The molecule has 0 amide bonds. The van der Waals surface area contributed by atoms with Crippen molar-refractivity contribution in [3.63, 3.8) is 0 Å². The van der Waals surface area contributed by atoms with Crippen LogP contribution in [-0.2, 0) is 4.79 Å². The van der Waals surface area contributed by atoms with Crippen molar-refractivity contribution in [1.29, 1.82) is 10.5 Å². The SMILES string of the molecule is CC(=O)c1ccc(C2C(C(=O)C34CC5CC(CC(C5)C3)C4)N3c4ccccc4C=CC3C2(C#N)C#N)cc1. The molecule has 1 saturated heterocycles. The van der Waals surface area contributed by atoms with Gasteiger partial charge in [-0.3, -0.25) is 9.59 Å². The summed E-state index contributed by atoms with van der Waals surface area (Å²) in [6.07, 6.45) is 10.5. The molecule has 0 aromatic heterocycles. The highest BCUT2D eigenvalue weighted by Gasteiger charge is 2.66. The number of nitrogens with zero attached hydrogens (tertiary/aromatic N) is 3. The van der Waals surface area contributed by atoms with E-state index < -0.39 is 23.4 Å². The molecule has 8 rings (SSSR count). The van der Waals surface area contributed by atoms with Crippen LogP contribution >= 0.6 is 0 Å². The van der Waals surface area contributed by atoms with Gasteiger partial charge in [0.2, 0.25) is 0 Å². The van der Waals surface area contributed by atoms with Gasteiger partial charge >= 0.3 is 0 Å². The Morgan fingerprint density at radius 2 is 1.50 bits per heavy atom. The second-order valence-corrected chi connectivity index (χ2v) is 12.5. The number of para-hydroxylation sites is 1. The molecule has 3 unspecified atom stereocenters. The molecule has 190 valence electrons. The molecule has 2 aromatic carbocycles. The zero-order valence-corrected chi connectivity index (χ0v) is 21.6. The van der Waals surface area contributed by atoms with Gasteiger partial charge in [0.15, 0.2) is 17.0 Å². The summed E-state index contributed by atoms with van der Waals surface area (Å²) >= 11 is 0. The van der Waals surface area contributed by atoms with E-state index in [1.54, 1.807) is 12.1 Å². The highest BCUT2D eigenvalue weighted by molar-refractivity contribution is 5.97. The number of carbonyl (C=O) groups excluding carboxylic acids is 2. The number of benzene rings is 2. The first kappa shape index (κ1) is 23.4. The molecular weight excluding hydrogens is 470 g/mol. The van der Waals surface area contributed by atoms with Crippen LogP contribution in [0.2, 0.25) is 0 Å². The summed E-state index contributed by atoms with van der Waals surface area (Å²) in [4.78, 5) is 29.2. The van der Waals surface area contributed by atoms with E-state index in [-0.39, 0.29) is 17.0 Å². The Bertz CT molecular complexity index is 1410. The minimum absolute atomic E-state index is 0.0368. The summed E-state index contributed by atoms with van der Waals surface area (Å²) in [5.74, 6) is 1.40. The summed E-state index contributed by atoms with van der Waals surface area (Å²) in [6.45, 7) is 1.53. The Hall–Kier alpha value is -3.70. The largest absolute Gasteiger partial charge is 0.351 e. The van der Waals surface area contributed by atoms with Gasteiger partial charge < -0.3 is 4.90 Å². The molecule has 2 aromatic rings. The number of fused-ring (bicyclic) bond motifs is 3. The second-order valence-electron chi connectivity index (χ2n) is 12.5. The second kappa shape index (κ2) is 8.15. The van der Waals surface area contributed by atoms with Crippen molar-refractivity contribution in [2.24, 2.45) is 28.6 Å². The quantitative estimate of drug-likeness (QED) is 0.474. The molecule has 3 atom stereocenters. The van der Waals surface area contributed by atoms with Crippen molar-refractivity contribution in [3.05, 3.63) is 71.3 Å². The fourth-order valence-corrected chi connectivity index (χ4v) is 9.26. The van der Waals surface area contributed by atoms with Crippen LogP contribution in [0.1, 0.15) is 72.9 Å². The van der Waals surface area contributed by atoms with Gasteiger partial charge in [0, 0.05) is 22.6 Å². The summed E-state index contributed by atoms with van der Waals surface area (Å²) in [6, 6.07) is 19.0. The van der Waals surface area contributed by atoms with Crippen molar-refractivity contribution >= 4 is 23.3 Å². The highest BCUT2D eigenvalue weighted by Crippen LogP contribution is 2.63. The Morgan fingerprint density at radius 3 is 2.08 bits per heavy atom. The number of nitriles is 2. The lowest BCUT2D eigenvalue weighted by Crippen LogP contribution is -2.56. The summed E-state index contributed by atoms with van der Waals surface area (Å²) in [7, 11) is 0. The van der Waals surface area contributed by atoms with E-state index in [0.717, 1.165) is 36.1 Å². The van der Waals surface area contributed by atoms with Crippen molar-refractivity contribution < 1.29 is 9.59 Å². The van der Waals surface area contributed by atoms with E-state index in [2.05, 4.69) is 17.0 Å². The predicted molar refractivity (Wildman–Crippen MR) is 144 cm³/mol. The number of hydrogen-bond acceptors (Lipinski definition) is 5. The molecule has 5 fully saturated rings. The lowest BCUT2D eigenvalue weighted by atomic mass is 9.47. The van der Waals surface area contributed by atoms with E-state index in [1.165, 1.54) is 26.2 Å². The number of anilines is 1. The third-order valence-electron chi connectivity index (χ3n) is 10.4. The minimum atomic E-state index is -1.44. The van der Waals surface area contributed by atoms with Crippen LogP contribution < -0.4 is 4.90 Å². The Morgan fingerprint density at radius 1 is 0.895 bits per heavy atom. The molecule has 0 spiro atoms. The van der Waals surface area contributed by atoms with Gasteiger partial charge in [-0.05, 0) is 80.4 Å². The average molecular weight is 502 g/mol. The zero-order valence-electron chi connectivity index (χ0n) is 21.6. The molecule has 2 aliphatic heterocycles. The molecule has 4 aliphatic carbocycles. The van der Waals surface area contributed by atoms with Gasteiger partial charge in [0.25, 0.3) is 0 Å². The summed E-state index contributed by atoms with van der Waals surface area (Å²) in [5, 5.41) is 21.4.